The Kier molecular flexibility index (Phi) is 6.12. The van der Waals surface area contributed by atoms with Gasteiger partial charge in [0.15, 0.2) is 5.78 Å². The molecule has 0 bridgehead atoms. The van der Waals surface area contributed by atoms with Crippen LogP contribution in [0.1, 0.15) is 44.0 Å². The lowest BCUT2D eigenvalue weighted by Crippen LogP contribution is -2.42. The lowest BCUT2D eigenvalue weighted by Gasteiger charge is -2.37. The molecule has 178 valence electrons. The second-order valence-corrected chi connectivity index (χ2v) is 10.0. The Bertz CT molecular complexity index is 1270. The van der Waals surface area contributed by atoms with E-state index in [1.54, 1.807) is 6.20 Å². The zero-order valence-electron chi connectivity index (χ0n) is 20.1. The molecule has 0 radical (unpaired) electrons. The Balaban J connectivity index is 1.57. The summed E-state index contributed by atoms with van der Waals surface area (Å²) in [6.45, 7) is 4.73. The largest absolute Gasteiger partial charge is 0.357 e. The van der Waals surface area contributed by atoms with E-state index in [4.69, 9.17) is 0 Å². The van der Waals surface area contributed by atoms with Crippen LogP contribution in [-0.4, -0.2) is 23.2 Å². The van der Waals surface area contributed by atoms with E-state index in [1.807, 2.05) is 72.8 Å². The number of hydrogen-bond acceptors (Lipinski definition) is 5. The summed E-state index contributed by atoms with van der Waals surface area (Å²) in [5, 5.41) is 6.59. The summed E-state index contributed by atoms with van der Waals surface area (Å²) < 4.78 is 0. The standard InChI is InChI=1S/C29H30N4O2/c1-29(2)16-23-27(25(34)17-29)28(20-10-4-3-5-11-20)33(24-14-7-6-13-22(24)32-23)19-26(35)31-18-21-12-8-9-15-30-21/h3-15,28,32H,16-19H2,1-2H3,(H,31,35)/t28-/m1/s1. The summed E-state index contributed by atoms with van der Waals surface area (Å²) in [6.07, 6.45) is 2.96. The van der Waals surface area contributed by atoms with Crippen LogP contribution in [0.4, 0.5) is 11.4 Å². The molecule has 6 nitrogen and oxygen atoms in total. The maximum Gasteiger partial charge on any atom is 0.239 e. The van der Waals surface area contributed by atoms with Gasteiger partial charge in [0, 0.05) is 23.9 Å². The highest BCUT2D eigenvalue weighted by atomic mass is 16.2. The number of fused-ring (bicyclic) bond motifs is 1. The second-order valence-electron chi connectivity index (χ2n) is 10.0. The molecule has 0 saturated carbocycles. The van der Waals surface area contributed by atoms with Crippen LogP contribution in [0, 0.1) is 5.41 Å². The van der Waals surface area contributed by atoms with Gasteiger partial charge in [-0.2, -0.15) is 0 Å². The number of pyridine rings is 1. The quantitative estimate of drug-likeness (QED) is 0.553. The van der Waals surface area contributed by atoms with Gasteiger partial charge >= 0.3 is 0 Å². The normalized spacial score (nSPS) is 18.7. The minimum Gasteiger partial charge on any atom is -0.357 e. The third-order valence-electron chi connectivity index (χ3n) is 6.63. The van der Waals surface area contributed by atoms with Crippen LogP contribution < -0.4 is 15.5 Å². The van der Waals surface area contributed by atoms with Crippen molar-refractivity contribution in [2.24, 2.45) is 5.41 Å². The molecule has 0 unspecified atom stereocenters. The van der Waals surface area contributed by atoms with Gasteiger partial charge < -0.3 is 15.5 Å². The number of aromatic nitrogens is 1. The third-order valence-corrected chi connectivity index (χ3v) is 6.63. The fourth-order valence-corrected chi connectivity index (χ4v) is 5.11. The molecule has 35 heavy (non-hydrogen) atoms. The number of ketones is 1. The zero-order valence-corrected chi connectivity index (χ0v) is 20.1. The molecule has 1 atom stereocenters. The van der Waals surface area contributed by atoms with Crippen LogP contribution in [-0.2, 0) is 16.1 Å². The number of amides is 1. The number of para-hydroxylation sites is 2. The molecule has 1 aliphatic carbocycles. The van der Waals surface area contributed by atoms with Gasteiger partial charge in [-0.3, -0.25) is 14.6 Å². The van der Waals surface area contributed by atoms with E-state index in [-0.39, 0.29) is 29.7 Å². The molecule has 0 fully saturated rings. The number of nitrogens with one attached hydrogen (secondary N) is 2. The Morgan fingerprint density at radius 1 is 1.03 bits per heavy atom. The summed E-state index contributed by atoms with van der Waals surface area (Å²) in [4.78, 5) is 33.2. The Morgan fingerprint density at radius 3 is 2.54 bits per heavy atom. The molecule has 0 spiro atoms. The van der Waals surface area contributed by atoms with Crippen LogP contribution in [0.5, 0.6) is 0 Å². The van der Waals surface area contributed by atoms with Crippen LogP contribution in [0.2, 0.25) is 0 Å². The lowest BCUT2D eigenvalue weighted by atomic mass is 9.73. The first kappa shape index (κ1) is 22.8. The molecule has 2 heterocycles. The molecular weight excluding hydrogens is 436 g/mol. The van der Waals surface area contributed by atoms with Crippen LogP contribution in [0.3, 0.4) is 0 Å². The summed E-state index contributed by atoms with van der Waals surface area (Å²) in [5.74, 6) is 0.00308. The first-order valence-electron chi connectivity index (χ1n) is 12.0. The number of hydrogen-bond donors (Lipinski definition) is 2. The maximum atomic E-state index is 13.6. The van der Waals surface area contributed by atoms with Crippen molar-refractivity contribution in [2.75, 3.05) is 16.8 Å². The number of benzene rings is 2. The molecule has 1 amide bonds. The van der Waals surface area contributed by atoms with E-state index in [2.05, 4.69) is 34.4 Å². The minimum atomic E-state index is -0.369. The van der Waals surface area contributed by atoms with Gasteiger partial charge in [-0.25, -0.2) is 0 Å². The second kappa shape index (κ2) is 9.37. The molecular formula is C29H30N4O2. The summed E-state index contributed by atoms with van der Waals surface area (Å²) in [6, 6.07) is 23.3. The highest BCUT2D eigenvalue weighted by Crippen LogP contribution is 2.48. The number of Topliss-reactive ketones (excluding diaryl/α,β-unsaturated/α-hetero) is 1. The predicted octanol–water partition coefficient (Wildman–Crippen LogP) is 5.01. The average molecular weight is 467 g/mol. The number of carbonyl (C=O) groups is 2. The Labute approximate surface area is 206 Å². The highest BCUT2D eigenvalue weighted by molar-refractivity contribution is 6.01. The van der Waals surface area contributed by atoms with Crippen molar-refractivity contribution in [2.45, 2.75) is 39.3 Å². The van der Waals surface area contributed by atoms with Crippen LogP contribution in [0.25, 0.3) is 0 Å². The predicted molar refractivity (Wildman–Crippen MR) is 138 cm³/mol. The summed E-state index contributed by atoms with van der Waals surface area (Å²) in [5.41, 5.74) is 5.16. The number of nitrogens with zero attached hydrogens (tertiary/aromatic N) is 2. The lowest BCUT2D eigenvalue weighted by molar-refractivity contribution is -0.121. The topological polar surface area (TPSA) is 74.3 Å². The molecule has 2 aliphatic rings. The van der Waals surface area contributed by atoms with Gasteiger partial charge in [-0.05, 0) is 41.7 Å². The van der Waals surface area contributed by atoms with Gasteiger partial charge in [0.2, 0.25) is 5.91 Å². The van der Waals surface area contributed by atoms with Crippen LogP contribution >= 0.6 is 0 Å². The van der Waals surface area contributed by atoms with Crippen LogP contribution in [0.15, 0.2) is 90.3 Å². The zero-order chi connectivity index (χ0) is 24.4. The van der Waals surface area contributed by atoms with E-state index < -0.39 is 0 Å². The minimum absolute atomic E-state index is 0.110. The molecule has 5 rings (SSSR count). The monoisotopic (exact) mass is 466 g/mol. The number of allylic oxidation sites excluding steroid dienone is 1. The maximum absolute atomic E-state index is 13.6. The summed E-state index contributed by atoms with van der Waals surface area (Å²) >= 11 is 0. The number of rotatable bonds is 5. The van der Waals surface area contributed by atoms with Crippen molar-refractivity contribution in [3.8, 4) is 0 Å². The van der Waals surface area contributed by atoms with E-state index in [1.165, 1.54) is 0 Å². The smallest absolute Gasteiger partial charge is 0.239 e. The molecule has 1 aliphatic heterocycles. The van der Waals surface area contributed by atoms with E-state index in [9.17, 15) is 9.59 Å². The highest BCUT2D eigenvalue weighted by Gasteiger charge is 2.41. The van der Waals surface area contributed by atoms with Gasteiger partial charge in [0.1, 0.15) is 0 Å². The SMILES string of the molecule is CC1(C)CC(=O)C2=C(C1)Nc1ccccc1N(CC(=O)NCc1ccccn1)[C@@H]2c1ccccc1. The number of carbonyl (C=O) groups excluding carboxylic acids is 2. The Morgan fingerprint density at radius 2 is 1.77 bits per heavy atom. The van der Waals surface area contributed by atoms with E-state index in [0.717, 1.165) is 40.3 Å². The average Bonchev–Trinajstić information content (AvgIpc) is 2.98. The van der Waals surface area contributed by atoms with Crippen molar-refractivity contribution < 1.29 is 9.59 Å². The molecule has 1 aromatic heterocycles. The molecule has 0 saturated heterocycles. The van der Waals surface area contributed by atoms with Crippen molar-refractivity contribution in [3.05, 3.63) is 102 Å². The van der Waals surface area contributed by atoms with E-state index >= 15 is 0 Å². The third kappa shape index (κ3) is 4.83. The molecule has 3 aromatic rings. The van der Waals surface area contributed by atoms with Crippen molar-refractivity contribution >= 4 is 23.1 Å². The fourth-order valence-electron chi connectivity index (χ4n) is 5.11. The van der Waals surface area contributed by atoms with Crippen molar-refractivity contribution in [1.82, 2.24) is 10.3 Å². The molecule has 2 N–H and O–H groups in total. The first-order valence-corrected chi connectivity index (χ1v) is 12.0. The fraction of sp³-hybridized carbons (Fsp3) is 0.276. The van der Waals surface area contributed by atoms with Crippen molar-refractivity contribution in [1.29, 1.82) is 0 Å². The van der Waals surface area contributed by atoms with Gasteiger partial charge in [-0.1, -0.05) is 62.4 Å². The van der Waals surface area contributed by atoms with Crippen molar-refractivity contribution in [3.63, 3.8) is 0 Å². The first-order chi connectivity index (χ1) is 16.9. The van der Waals surface area contributed by atoms with Gasteiger partial charge in [0.25, 0.3) is 0 Å². The molecule has 2 aromatic carbocycles. The van der Waals surface area contributed by atoms with Gasteiger partial charge in [0.05, 0.1) is 36.2 Å². The van der Waals surface area contributed by atoms with Gasteiger partial charge in [-0.15, -0.1) is 0 Å². The number of anilines is 2. The Hall–Kier alpha value is -3.93. The summed E-state index contributed by atoms with van der Waals surface area (Å²) in [7, 11) is 0. The van der Waals surface area contributed by atoms with E-state index in [0.29, 0.717) is 13.0 Å². The molecule has 6 heteroatoms.